The van der Waals surface area contributed by atoms with Crippen molar-refractivity contribution in [1.29, 1.82) is 0 Å². The number of likely N-dealkylation sites (tertiary alicyclic amines) is 1. The number of hydrogen-bond acceptors (Lipinski definition) is 5. The average Bonchev–Trinajstić information content (AvgIpc) is 3.45. The van der Waals surface area contributed by atoms with E-state index in [4.69, 9.17) is 14.8 Å². The number of ether oxygens (including phenoxy) is 1. The summed E-state index contributed by atoms with van der Waals surface area (Å²) in [6, 6.07) is 5.83. The zero-order valence-corrected chi connectivity index (χ0v) is 20.7. The molecular weight excluding hydrogens is 430 g/mol. The maximum Gasteiger partial charge on any atom is 0.354 e. The summed E-state index contributed by atoms with van der Waals surface area (Å²) in [4.78, 5) is 32.8. The van der Waals surface area contributed by atoms with E-state index in [1.807, 2.05) is 39.4 Å². The maximum absolute atomic E-state index is 13.8. The molecular formula is C26H33N5O3. The second kappa shape index (κ2) is 8.25. The molecule has 3 aromatic heterocycles. The molecule has 180 valence electrons. The van der Waals surface area contributed by atoms with E-state index < -0.39 is 0 Å². The van der Waals surface area contributed by atoms with Crippen LogP contribution in [0.3, 0.4) is 0 Å². The summed E-state index contributed by atoms with van der Waals surface area (Å²) in [5, 5.41) is 5.65. The molecule has 1 saturated heterocycles. The van der Waals surface area contributed by atoms with Crippen LogP contribution >= 0.6 is 0 Å². The first-order valence-corrected chi connectivity index (χ1v) is 12.1. The summed E-state index contributed by atoms with van der Waals surface area (Å²) < 4.78 is 8.87. The zero-order chi connectivity index (χ0) is 24.2. The molecule has 1 aliphatic carbocycles. The lowest BCUT2D eigenvalue weighted by Crippen LogP contribution is -2.39. The second-order valence-electron chi connectivity index (χ2n) is 10.6. The summed E-state index contributed by atoms with van der Waals surface area (Å²) in [6.45, 7) is 9.57. The number of fused-ring (bicyclic) bond motifs is 1. The Morgan fingerprint density at radius 2 is 1.82 bits per heavy atom. The van der Waals surface area contributed by atoms with Gasteiger partial charge in [0.1, 0.15) is 5.69 Å². The lowest BCUT2D eigenvalue weighted by molar-refractivity contribution is 0.0573. The van der Waals surface area contributed by atoms with Gasteiger partial charge in [-0.2, -0.15) is 5.10 Å². The third-order valence-electron chi connectivity index (χ3n) is 7.01. The first-order valence-electron chi connectivity index (χ1n) is 12.1. The standard InChI is InChI=1S/C26H33N5O3/c1-16-22-19(15-20(17-8-9-17)27-23(22)31(28-16)26(2,3)4)24(32)29-13-10-18(11-14-29)30-12-6-7-21(30)25(33)34-5/h6-7,12,15,17-18H,8-11,13-14H2,1-5H3. The van der Waals surface area contributed by atoms with Gasteiger partial charge >= 0.3 is 5.97 Å². The fourth-order valence-electron chi connectivity index (χ4n) is 5.04. The predicted molar refractivity (Wildman–Crippen MR) is 129 cm³/mol. The second-order valence-corrected chi connectivity index (χ2v) is 10.6. The minimum absolute atomic E-state index is 0.0463. The number of pyridine rings is 1. The quantitative estimate of drug-likeness (QED) is 0.535. The van der Waals surface area contributed by atoms with Crippen molar-refractivity contribution in [2.24, 2.45) is 0 Å². The predicted octanol–water partition coefficient (Wildman–Crippen LogP) is 4.44. The molecule has 0 aromatic carbocycles. The van der Waals surface area contributed by atoms with Crippen LogP contribution in [0.4, 0.5) is 0 Å². The van der Waals surface area contributed by atoms with Gasteiger partial charge in [-0.1, -0.05) is 0 Å². The molecule has 0 N–H and O–H groups in total. The molecule has 0 radical (unpaired) electrons. The Morgan fingerprint density at radius 1 is 1.12 bits per heavy atom. The van der Waals surface area contributed by atoms with Crippen LogP contribution < -0.4 is 0 Å². The molecule has 34 heavy (non-hydrogen) atoms. The molecule has 1 aliphatic heterocycles. The van der Waals surface area contributed by atoms with E-state index in [1.54, 1.807) is 6.07 Å². The van der Waals surface area contributed by atoms with E-state index in [-0.39, 0.29) is 23.5 Å². The van der Waals surface area contributed by atoms with Crippen LogP contribution in [-0.4, -0.2) is 56.3 Å². The molecule has 2 aliphatic rings. The van der Waals surface area contributed by atoms with Crippen molar-refractivity contribution >= 4 is 22.9 Å². The summed E-state index contributed by atoms with van der Waals surface area (Å²) >= 11 is 0. The van der Waals surface area contributed by atoms with Crippen molar-refractivity contribution in [2.75, 3.05) is 20.2 Å². The summed E-state index contributed by atoms with van der Waals surface area (Å²) in [7, 11) is 1.40. The van der Waals surface area contributed by atoms with Gasteiger partial charge < -0.3 is 14.2 Å². The van der Waals surface area contributed by atoms with Crippen LogP contribution in [0, 0.1) is 6.92 Å². The van der Waals surface area contributed by atoms with Gasteiger partial charge in [0.15, 0.2) is 5.65 Å². The molecule has 0 spiro atoms. The monoisotopic (exact) mass is 463 g/mol. The van der Waals surface area contributed by atoms with Crippen LogP contribution in [0.1, 0.15) is 90.6 Å². The van der Waals surface area contributed by atoms with Crippen molar-refractivity contribution < 1.29 is 14.3 Å². The van der Waals surface area contributed by atoms with Gasteiger partial charge in [-0.05, 0) is 71.6 Å². The maximum atomic E-state index is 13.8. The minimum atomic E-state index is -0.332. The van der Waals surface area contributed by atoms with Crippen molar-refractivity contribution in [3.05, 3.63) is 47.0 Å². The number of rotatable bonds is 4. The highest BCUT2D eigenvalue weighted by molar-refractivity contribution is 6.06. The Morgan fingerprint density at radius 3 is 2.44 bits per heavy atom. The van der Waals surface area contributed by atoms with Gasteiger partial charge in [0.05, 0.1) is 29.3 Å². The Labute approximate surface area is 199 Å². The highest BCUT2D eigenvalue weighted by atomic mass is 16.5. The Bertz CT molecular complexity index is 1250. The summed E-state index contributed by atoms with van der Waals surface area (Å²) in [6.07, 6.45) is 5.74. The Kier molecular flexibility index (Phi) is 5.49. The highest BCUT2D eigenvalue weighted by Crippen LogP contribution is 2.41. The number of carbonyl (C=O) groups excluding carboxylic acids is 2. The van der Waals surface area contributed by atoms with Crippen molar-refractivity contribution in [1.82, 2.24) is 24.2 Å². The molecule has 8 heteroatoms. The van der Waals surface area contributed by atoms with Gasteiger partial charge in [0.25, 0.3) is 5.91 Å². The third-order valence-corrected chi connectivity index (χ3v) is 7.01. The molecule has 4 heterocycles. The number of amides is 1. The Balaban J connectivity index is 1.44. The number of esters is 1. The van der Waals surface area contributed by atoms with Gasteiger partial charge in [0.2, 0.25) is 0 Å². The lowest BCUT2D eigenvalue weighted by Gasteiger charge is -2.33. The van der Waals surface area contributed by atoms with Crippen LogP contribution in [0.15, 0.2) is 24.4 Å². The summed E-state index contributed by atoms with van der Waals surface area (Å²) in [5.41, 5.74) is 3.70. The minimum Gasteiger partial charge on any atom is -0.464 e. The number of nitrogens with zero attached hydrogens (tertiary/aromatic N) is 5. The zero-order valence-electron chi connectivity index (χ0n) is 20.7. The van der Waals surface area contributed by atoms with E-state index in [0.717, 1.165) is 53.7 Å². The van der Waals surface area contributed by atoms with Crippen molar-refractivity contribution in [3.63, 3.8) is 0 Å². The largest absolute Gasteiger partial charge is 0.464 e. The smallest absolute Gasteiger partial charge is 0.354 e. The number of hydrogen-bond donors (Lipinski definition) is 0. The lowest BCUT2D eigenvalue weighted by atomic mass is 10.0. The summed E-state index contributed by atoms with van der Waals surface area (Å²) in [5.74, 6) is 0.155. The molecule has 8 nitrogen and oxygen atoms in total. The fourth-order valence-corrected chi connectivity index (χ4v) is 5.04. The van der Waals surface area contributed by atoms with E-state index in [2.05, 4.69) is 20.8 Å². The van der Waals surface area contributed by atoms with Gasteiger partial charge in [-0.15, -0.1) is 0 Å². The van der Waals surface area contributed by atoms with Crippen molar-refractivity contribution in [2.45, 2.75) is 70.9 Å². The number of aromatic nitrogens is 4. The average molecular weight is 464 g/mol. The number of aryl methyl sites for hydroxylation is 1. The van der Waals surface area contributed by atoms with Crippen molar-refractivity contribution in [3.8, 4) is 0 Å². The SMILES string of the molecule is COC(=O)c1cccn1C1CCN(C(=O)c2cc(C3CC3)nc3c2c(C)nn3C(C)(C)C)CC1. The molecule has 0 unspecified atom stereocenters. The molecule has 5 rings (SSSR count). The molecule has 1 saturated carbocycles. The van der Waals surface area contributed by atoms with Crippen LogP contribution in [-0.2, 0) is 10.3 Å². The highest BCUT2D eigenvalue weighted by Gasteiger charge is 2.33. The normalized spacial score (nSPS) is 17.4. The van der Waals surface area contributed by atoms with E-state index >= 15 is 0 Å². The molecule has 0 bridgehead atoms. The number of methoxy groups -OCH3 is 1. The molecule has 3 aromatic rings. The molecule has 2 fully saturated rings. The van der Waals surface area contributed by atoms with Crippen LogP contribution in [0.2, 0.25) is 0 Å². The fraction of sp³-hybridized carbons (Fsp3) is 0.538. The van der Waals surface area contributed by atoms with Crippen LogP contribution in [0.5, 0.6) is 0 Å². The van der Waals surface area contributed by atoms with Gasteiger partial charge in [-0.25, -0.2) is 14.5 Å². The van der Waals surface area contributed by atoms with E-state index in [9.17, 15) is 9.59 Å². The Hall–Kier alpha value is -3.16. The molecule has 1 amide bonds. The topological polar surface area (TPSA) is 82.2 Å². The van der Waals surface area contributed by atoms with E-state index in [0.29, 0.717) is 24.7 Å². The number of carbonyl (C=O) groups is 2. The van der Waals surface area contributed by atoms with Gasteiger partial charge in [0, 0.05) is 36.9 Å². The molecule has 0 atom stereocenters. The number of piperidine rings is 1. The van der Waals surface area contributed by atoms with Gasteiger partial charge in [-0.3, -0.25) is 4.79 Å². The van der Waals surface area contributed by atoms with Crippen LogP contribution in [0.25, 0.3) is 11.0 Å². The first kappa shape index (κ1) is 22.6. The van der Waals surface area contributed by atoms with E-state index in [1.165, 1.54) is 7.11 Å². The third kappa shape index (κ3) is 3.89. The first-order chi connectivity index (χ1) is 16.2.